The van der Waals surface area contributed by atoms with Crippen molar-refractivity contribution >= 4 is 27.6 Å². The Hall–Kier alpha value is -2.08. The summed E-state index contributed by atoms with van der Waals surface area (Å²) in [5.41, 5.74) is 0.926. The van der Waals surface area contributed by atoms with Gasteiger partial charge in [-0.15, -0.1) is 0 Å². The van der Waals surface area contributed by atoms with Gasteiger partial charge in [0.1, 0.15) is 5.75 Å². The molecular weight excluding hydrogens is 386 g/mol. The van der Waals surface area contributed by atoms with Crippen LogP contribution in [-0.4, -0.2) is 34.6 Å². The fourth-order valence-electron chi connectivity index (χ4n) is 2.36. The topological polar surface area (TPSA) is 59.8 Å². The van der Waals surface area contributed by atoms with Crippen LogP contribution in [0.1, 0.15) is 47.4 Å². The zero-order valence-corrected chi connectivity index (χ0v) is 16.2. The van der Waals surface area contributed by atoms with E-state index in [1.165, 1.54) is 12.1 Å². The summed E-state index contributed by atoms with van der Waals surface area (Å²) in [5.74, 6) is 0.653. The van der Waals surface area contributed by atoms with Crippen molar-refractivity contribution in [1.82, 2.24) is 4.90 Å². The lowest BCUT2D eigenvalue weighted by Gasteiger charge is -2.22. The summed E-state index contributed by atoms with van der Waals surface area (Å²) in [6, 6.07) is 10.7. The molecule has 0 N–H and O–H groups in total. The van der Waals surface area contributed by atoms with Gasteiger partial charge in [0.05, 0.1) is 11.4 Å². The maximum absolute atomic E-state index is 12.7. The Bertz CT molecular complexity index is 739. The molecule has 0 aliphatic carbocycles. The fraction of sp³-hybridized carbons (Fsp3) is 0.368. The molecule has 1 amide bonds. The number of ether oxygens (including phenoxy) is 1. The Morgan fingerprint density at radius 2 is 1.84 bits per heavy atom. The van der Waals surface area contributed by atoms with Gasteiger partial charge in [0.15, 0.2) is 11.5 Å². The zero-order valence-electron chi connectivity index (χ0n) is 14.6. The summed E-state index contributed by atoms with van der Waals surface area (Å²) in [4.78, 5) is 26.0. The molecule has 0 aliphatic rings. The first-order valence-corrected chi connectivity index (χ1v) is 9.31. The van der Waals surface area contributed by atoms with Crippen molar-refractivity contribution in [2.45, 2.75) is 33.4 Å². The summed E-state index contributed by atoms with van der Waals surface area (Å²) < 4.78 is 11.2. The Morgan fingerprint density at radius 1 is 1.16 bits per heavy atom. The number of nitrogens with zero attached hydrogens (tertiary/aromatic N) is 1. The summed E-state index contributed by atoms with van der Waals surface area (Å²) in [7, 11) is 0. The highest BCUT2D eigenvalue weighted by Crippen LogP contribution is 2.22. The monoisotopic (exact) mass is 407 g/mol. The second-order valence-electron chi connectivity index (χ2n) is 5.81. The van der Waals surface area contributed by atoms with Crippen molar-refractivity contribution in [1.29, 1.82) is 0 Å². The van der Waals surface area contributed by atoms with Gasteiger partial charge in [-0.3, -0.25) is 9.59 Å². The van der Waals surface area contributed by atoms with Crippen LogP contribution in [-0.2, 0) is 6.54 Å². The number of furan rings is 1. The van der Waals surface area contributed by atoms with E-state index in [2.05, 4.69) is 15.9 Å². The average molecular weight is 408 g/mol. The molecule has 0 radical (unpaired) electrons. The maximum atomic E-state index is 12.7. The molecule has 6 heteroatoms. The van der Waals surface area contributed by atoms with E-state index in [4.69, 9.17) is 9.15 Å². The number of rotatable bonds is 8. The Balaban J connectivity index is 2.18. The zero-order chi connectivity index (χ0) is 18.4. The molecule has 0 unspecified atom stereocenters. The second kappa shape index (κ2) is 8.85. The number of para-hydroxylation sites is 1. The predicted molar refractivity (Wildman–Crippen MR) is 99.5 cm³/mol. The van der Waals surface area contributed by atoms with Crippen molar-refractivity contribution in [3.8, 4) is 5.75 Å². The van der Waals surface area contributed by atoms with Crippen LogP contribution in [0.3, 0.4) is 0 Å². The van der Waals surface area contributed by atoms with Crippen LogP contribution >= 0.6 is 15.9 Å². The van der Waals surface area contributed by atoms with Crippen LogP contribution < -0.4 is 4.74 Å². The molecule has 2 rings (SSSR count). The molecule has 0 aliphatic heterocycles. The van der Waals surface area contributed by atoms with Gasteiger partial charge in [0.25, 0.3) is 5.91 Å². The van der Waals surface area contributed by atoms with Gasteiger partial charge in [-0.1, -0.05) is 34.1 Å². The Morgan fingerprint density at radius 3 is 2.48 bits per heavy atom. The number of alkyl halides is 1. The number of ketones is 1. The number of carbonyl (C=O) groups excluding carboxylic acids is 2. The van der Waals surface area contributed by atoms with Crippen LogP contribution in [0.25, 0.3) is 0 Å². The van der Waals surface area contributed by atoms with Crippen LogP contribution in [0.4, 0.5) is 0 Å². The maximum Gasteiger partial charge on any atom is 0.289 e. The second-order valence-corrected chi connectivity index (χ2v) is 6.38. The van der Waals surface area contributed by atoms with Gasteiger partial charge in [-0.05, 0) is 39.0 Å². The molecule has 0 saturated carbocycles. The van der Waals surface area contributed by atoms with E-state index in [1.807, 2.05) is 45.0 Å². The van der Waals surface area contributed by atoms with E-state index in [-0.39, 0.29) is 34.6 Å². The van der Waals surface area contributed by atoms with Gasteiger partial charge in [0.2, 0.25) is 5.78 Å². The van der Waals surface area contributed by atoms with Gasteiger partial charge in [-0.2, -0.15) is 0 Å². The SMILES string of the molecule is CCN(Cc1ccccc1OC(C)C)C(=O)c1ccc(C(=O)CBr)o1. The molecule has 134 valence electrons. The summed E-state index contributed by atoms with van der Waals surface area (Å²) in [6.45, 7) is 6.74. The molecule has 0 saturated heterocycles. The third kappa shape index (κ3) is 4.95. The van der Waals surface area contributed by atoms with E-state index < -0.39 is 0 Å². The number of amides is 1. The third-order valence-corrected chi connectivity index (χ3v) is 4.09. The van der Waals surface area contributed by atoms with Crippen LogP contribution in [0.15, 0.2) is 40.8 Å². The summed E-state index contributed by atoms with van der Waals surface area (Å²) in [6.07, 6.45) is 0.0508. The van der Waals surface area contributed by atoms with Crippen molar-refractivity contribution in [2.24, 2.45) is 0 Å². The van der Waals surface area contributed by atoms with Crippen molar-refractivity contribution < 1.29 is 18.7 Å². The lowest BCUT2D eigenvalue weighted by molar-refractivity contribution is 0.0716. The number of benzene rings is 1. The molecule has 1 aromatic heterocycles. The molecule has 5 nitrogen and oxygen atoms in total. The van der Waals surface area contributed by atoms with E-state index in [9.17, 15) is 9.59 Å². The summed E-state index contributed by atoms with van der Waals surface area (Å²) in [5, 5.41) is 0.158. The van der Waals surface area contributed by atoms with E-state index in [0.29, 0.717) is 13.1 Å². The highest BCUT2D eigenvalue weighted by molar-refractivity contribution is 9.09. The van der Waals surface area contributed by atoms with Crippen molar-refractivity contribution in [3.05, 3.63) is 53.5 Å². The Kier molecular flexibility index (Phi) is 6.82. The standard InChI is InChI=1S/C19H22BrNO4/c1-4-21(12-14-7-5-6-8-16(14)24-13(2)3)19(23)18-10-9-17(25-18)15(22)11-20/h5-10,13H,4,11-12H2,1-3H3. The van der Waals surface area contributed by atoms with Crippen LogP contribution in [0.5, 0.6) is 5.75 Å². The van der Waals surface area contributed by atoms with Crippen LogP contribution in [0.2, 0.25) is 0 Å². The lowest BCUT2D eigenvalue weighted by Crippen LogP contribution is -2.30. The molecule has 25 heavy (non-hydrogen) atoms. The fourth-order valence-corrected chi connectivity index (χ4v) is 2.64. The minimum Gasteiger partial charge on any atom is -0.491 e. The van der Waals surface area contributed by atoms with Crippen molar-refractivity contribution in [2.75, 3.05) is 11.9 Å². The molecule has 0 atom stereocenters. The highest BCUT2D eigenvalue weighted by Gasteiger charge is 2.21. The van der Waals surface area contributed by atoms with Gasteiger partial charge < -0.3 is 14.1 Å². The smallest absolute Gasteiger partial charge is 0.289 e. The molecule has 0 fully saturated rings. The lowest BCUT2D eigenvalue weighted by atomic mass is 10.1. The number of hydrogen-bond donors (Lipinski definition) is 0. The molecule has 1 aromatic carbocycles. The van der Waals surface area contributed by atoms with Gasteiger partial charge in [0, 0.05) is 18.7 Å². The minimum absolute atomic E-state index is 0.0508. The highest BCUT2D eigenvalue weighted by atomic mass is 79.9. The molecule has 0 spiro atoms. The number of hydrogen-bond acceptors (Lipinski definition) is 4. The molecule has 1 heterocycles. The van der Waals surface area contributed by atoms with Gasteiger partial charge in [-0.25, -0.2) is 0 Å². The first kappa shape index (κ1) is 19.2. The normalized spacial score (nSPS) is 10.8. The third-order valence-electron chi connectivity index (χ3n) is 3.58. The number of carbonyl (C=O) groups is 2. The quantitative estimate of drug-likeness (QED) is 0.483. The number of Topliss-reactive ketones (excluding diaryl/α,β-unsaturated/α-hetero) is 1. The van der Waals surface area contributed by atoms with Crippen molar-refractivity contribution in [3.63, 3.8) is 0 Å². The van der Waals surface area contributed by atoms with E-state index in [0.717, 1.165) is 11.3 Å². The van der Waals surface area contributed by atoms with E-state index in [1.54, 1.807) is 4.90 Å². The predicted octanol–water partition coefficient (Wildman–Crippen LogP) is 4.31. The van der Waals surface area contributed by atoms with Crippen LogP contribution in [0, 0.1) is 0 Å². The minimum atomic E-state index is -0.254. The molecular formula is C19H22BrNO4. The Labute approximate surface area is 156 Å². The van der Waals surface area contributed by atoms with E-state index >= 15 is 0 Å². The summed E-state index contributed by atoms with van der Waals surface area (Å²) >= 11 is 3.09. The first-order chi connectivity index (χ1) is 12.0. The molecule has 2 aromatic rings. The average Bonchev–Trinajstić information content (AvgIpc) is 3.09. The first-order valence-electron chi connectivity index (χ1n) is 8.19. The number of halogens is 1. The molecule has 0 bridgehead atoms. The van der Waals surface area contributed by atoms with Gasteiger partial charge >= 0.3 is 0 Å². The largest absolute Gasteiger partial charge is 0.491 e.